The van der Waals surface area contributed by atoms with Gasteiger partial charge in [-0.3, -0.25) is 0 Å². The van der Waals surface area contributed by atoms with Crippen LogP contribution in [0.4, 0.5) is 5.82 Å². The number of hydrogen-bond acceptors (Lipinski definition) is 5. The van der Waals surface area contributed by atoms with E-state index < -0.39 is 0 Å². The number of aryl methyl sites for hydroxylation is 3. The summed E-state index contributed by atoms with van der Waals surface area (Å²) in [4.78, 5) is 17.5. The van der Waals surface area contributed by atoms with Crippen LogP contribution in [0.25, 0.3) is 10.2 Å². The molecule has 3 heterocycles. The number of hydrogen-bond donors (Lipinski definition) is 0. The van der Waals surface area contributed by atoms with Gasteiger partial charge >= 0.3 is 0 Å². The SMILES string of the molecule is CCc1nc(N2CCN(C)CC2)c2c3c(sc2n1)CCCC3. The molecule has 2 aromatic rings. The molecule has 0 saturated carbocycles. The van der Waals surface area contributed by atoms with Crippen LogP contribution >= 0.6 is 11.3 Å². The fourth-order valence-electron chi connectivity index (χ4n) is 3.59. The monoisotopic (exact) mass is 316 g/mol. The number of likely N-dealkylation sites (N-methyl/N-ethyl adjacent to an activating group) is 1. The van der Waals surface area contributed by atoms with Crippen LogP contribution in [-0.4, -0.2) is 48.1 Å². The minimum Gasteiger partial charge on any atom is -0.353 e. The first-order chi connectivity index (χ1) is 10.8. The third-order valence-corrected chi connectivity index (χ3v) is 6.15. The predicted octanol–water partition coefficient (Wildman–Crippen LogP) is 2.88. The molecular formula is C17H24N4S. The molecule has 0 aromatic carbocycles. The Kier molecular flexibility index (Phi) is 3.78. The van der Waals surface area contributed by atoms with E-state index in [0.29, 0.717) is 0 Å². The number of thiophene rings is 1. The molecule has 0 unspecified atom stereocenters. The van der Waals surface area contributed by atoms with Crippen LogP contribution in [0.15, 0.2) is 0 Å². The van der Waals surface area contributed by atoms with E-state index in [9.17, 15) is 0 Å². The second-order valence-electron chi connectivity index (χ2n) is 6.50. The van der Waals surface area contributed by atoms with Gasteiger partial charge in [0.25, 0.3) is 0 Å². The van der Waals surface area contributed by atoms with Gasteiger partial charge in [0.05, 0.1) is 5.39 Å². The molecule has 0 amide bonds. The van der Waals surface area contributed by atoms with E-state index in [1.54, 1.807) is 10.4 Å². The van der Waals surface area contributed by atoms with Crippen molar-refractivity contribution >= 4 is 27.4 Å². The summed E-state index contributed by atoms with van der Waals surface area (Å²) >= 11 is 1.92. The molecule has 1 fully saturated rings. The maximum Gasteiger partial charge on any atom is 0.141 e. The first kappa shape index (κ1) is 14.4. The zero-order valence-corrected chi connectivity index (χ0v) is 14.4. The van der Waals surface area contributed by atoms with Crippen molar-refractivity contribution < 1.29 is 0 Å². The molecule has 0 spiro atoms. The molecule has 4 rings (SSSR count). The Morgan fingerprint density at radius 1 is 1.05 bits per heavy atom. The van der Waals surface area contributed by atoms with Gasteiger partial charge in [0, 0.05) is 37.5 Å². The zero-order valence-electron chi connectivity index (χ0n) is 13.6. The molecule has 0 radical (unpaired) electrons. The van der Waals surface area contributed by atoms with Crippen LogP contribution in [-0.2, 0) is 19.3 Å². The van der Waals surface area contributed by atoms with E-state index in [1.807, 2.05) is 11.3 Å². The molecule has 22 heavy (non-hydrogen) atoms. The number of fused-ring (bicyclic) bond motifs is 3. The van der Waals surface area contributed by atoms with Gasteiger partial charge in [-0.2, -0.15) is 0 Å². The van der Waals surface area contributed by atoms with E-state index in [2.05, 4.69) is 23.8 Å². The molecular weight excluding hydrogens is 292 g/mol. The molecule has 4 nitrogen and oxygen atoms in total. The second-order valence-corrected chi connectivity index (χ2v) is 7.58. The van der Waals surface area contributed by atoms with Gasteiger partial charge in [-0.15, -0.1) is 11.3 Å². The van der Waals surface area contributed by atoms with Crippen molar-refractivity contribution in [2.45, 2.75) is 39.0 Å². The topological polar surface area (TPSA) is 32.3 Å². The van der Waals surface area contributed by atoms with Crippen LogP contribution in [0.2, 0.25) is 0 Å². The van der Waals surface area contributed by atoms with E-state index in [-0.39, 0.29) is 0 Å². The largest absolute Gasteiger partial charge is 0.353 e. The Hall–Kier alpha value is -1.20. The van der Waals surface area contributed by atoms with Gasteiger partial charge in [-0.25, -0.2) is 9.97 Å². The fraction of sp³-hybridized carbons (Fsp3) is 0.647. The van der Waals surface area contributed by atoms with Gasteiger partial charge in [0.2, 0.25) is 0 Å². The van der Waals surface area contributed by atoms with Crippen molar-refractivity contribution in [3.63, 3.8) is 0 Å². The predicted molar refractivity (Wildman–Crippen MR) is 93.1 cm³/mol. The molecule has 1 saturated heterocycles. The average molecular weight is 316 g/mol. The number of anilines is 1. The Morgan fingerprint density at radius 3 is 2.59 bits per heavy atom. The summed E-state index contributed by atoms with van der Waals surface area (Å²) in [5.74, 6) is 2.22. The first-order valence-corrected chi connectivity index (χ1v) is 9.32. The number of nitrogens with zero attached hydrogens (tertiary/aromatic N) is 4. The summed E-state index contributed by atoms with van der Waals surface area (Å²) < 4.78 is 0. The highest BCUT2D eigenvalue weighted by atomic mass is 32.1. The highest BCUT2D eigenvalue weighted by Crippen LogP contribution is 2.39. The summed E-state index contributed by atoms with van der Waals surface area (Å²) in [5, 5.41) is 1.38. The molecule has 5 heteroatoms. The van der Waals surface area contributed by atoms with E-state index >= 15 is 0 Å². The van der Waals surface area contributed by atoms with Gasteiger partial charge in [0.1, 0.15) is 16.5 Å². The highest BCUT2D eigenvalue weighted by Gasteiger charge is 2.25. The summed E-state index contributed by atoms with van der Waals surface area (Å²) in [7, 11) is 2.21. The summed E-state index contributed by atoms with van der Waals surface area (Å²) in [6, 6.07) is 0. The van der Waals surface area contributed by atoms with Crippen molar-refractivity contribution in [3.05, 3.63) is 16.3 Å². The standard InChI is InChI=1S/C17H24N4S/c1-3-14-18-16(21-10-8-20(2)9-11-21)15-12-6-4-5-7-13(12)22-17(15)19-14/h3-11H2,1-2H3. The zero-order chi connectivity index (χ0) is 15.1. The van der Waals surface area contributed by atoms with Crippen LogP contribution in [0.3, 0.4) is 0 Å². The summed E-state index contributed by atoms with van der Waals surface area (Å²) in [6.45, 7) is 6.56. The lowest BCUT2D eigenvalue weighted by Gasteiger charge is -2.34. The minimum atomic E-state index is 0.916. The average Bonchev–Trinajstić information content (AvgIpc) is 2.93. The summed E-state index contributed by atoms with van der Waals surface area (Å²) in [6.07, 6.45) is 6.01. The third kappa shape index (κ3) is 2.40. The van der Waals surface area contributed by atoms with Crippen molar-refractivity contribution in [2.24, 2.45) is 0 Å². The molecule has 1 aliphatic carbocycles. The van der Waals surface area contributed by atoms with Crippen LogP contribution in [0.5, 0.6) is 0 Å². The molecule has 0 N–H and O–H groups in total. The lowest BCUT2D eigenvalue weighted by Crippen LogP contribution is -2.45. The first-order valence-electron chi connectivity index (χ1n) is 8.51. The van der Waals surface area contributed by atoms with Crippen molar-refractivity contribution in [1.82, 2.24) is 14.9 Å². The molecule has 0 atom stereocenters. The Balaban J connectivity index is 1.85. The molecule has 2 aliphatic rings. The lowest BCUT2D eigenvalue weighted by atomic mass is 9.97. The normalized spacial score (nSPS) is 19.6. The van der Waals surface area contributed by atoms with Crippen molar-refractivity contribution in [2.75, 3.05) is 38.1 Å². The second kappa shape index (κ2) is 5.78. The number of piperazine rings is 1. The number of rotatable bonds is 2. The molecule has 118 valence electrons. The maximum atomic E-state index is 4.95. The Bertz CT molecular complexity index is 686. The van der Waals surface area contributed by atoms with Crippen molar-refractivity contribution in [3.8, 4) is 0 Å². The van der Waals surface area contributed by atoms with Gasteiger partial charge < -0.3 is 9.80 Å². The van der Waals surface area contributed by atoms with Crippen LogP contribution in [0.1, 0.15) is 36.0 Å². The lowest BCUT2D eigenvalue weighted by molar-refractivity contribution is 0.312. The molecule has 2 aromatic heterocycles. The quantitative estimate of drug-likeness (QED) is 0.853. The molecule has 1 aliphatic heterocycles. The van der Waals surface area contributed by atoms with E-state index in [1.165, 1.54) is 41.7 Å². The minimum absolute atomic E-state index is 0.916. The Morgan fingerprint density at radius 2 is 1.82 bits per heavy atom. The van der Waals surface area contributed by atoms with Gasteiger partial charge in [-0.1, -0.05) is 6.92 Å². The van der Waals surface area contributed by atoms with E-state index in [4.69, 9.17) is 9.97 Å². The highest BCUT2D eigenvalue weighted by molar-refractivity contribution is 7.19. The fourth-order valence-corrected chi connectivity index (χ4v) is 4.86. The molecule has 0 bridgehead atoms. The Labute approximate surface area is 136 Å². The van der Waals surface area contributed by atoms with Gasteiger partial charge in [-0.05, 0) is 38.3 Å². The maximum absolute atomic E-state index is 4.95. The van der Waals surface area contributed by atoms with E-state index in [0.717, 1.165) is 38.4 Å². The van der Waals surface area contributed by atoms with Crippen molar-refractivity contribution in [1.29, 1.82) is 0 Å². The third-order valence-electron chi connectivity index (χ3n) is 4.96. The number of aromatic nitrogens is 2. The van der Waals surface area contributed by atoms with Crippen LogP contribution in [0, 0.1) is 0 Å². The van der Waals surface area contributed by atoms with Crippen LogP contribution < -0.4 is 4.90 Å². The smallest absolute Gasteiger partial charge is 0.141 e. The van der Waals surface area contributed by atoms with Gasteiger partial charge in [0.15, 0.2) is 0 Å². The summed E-state index contributed by atoms with van der Waals surface area (Å²) in [5.41, 5.74) is 1.56.